The van der Waals surface area contributed by atoms with Gasteiger partial charge in [0.25, 0.3) is 0 Å². The third-order valence-corrected chi connectivity index (χ3v) is 6.16. The van der Waals surface area contributed by atoms with E-state index in [2.05, 4.69) is 7.05 Å². The number of nitrogens with zero attached hydrogens (tertiary/aromatic N) is 1. The molecule has 0 saturated carbocycles. The van der Waals surface area contributed by atoms with Gasteiger partial charge in [0, 0.05) is 16.7 Å². The van der Waals surface area contributed by atoms with E-state index in [4.69, 9.17) is 44.1 Å². The van der Waals surface area contributed by atoms with Gasteiger partial charge in [-0.15, -0.1) is 0 Å². The highest BCUT2D eigenvalue weighted by Crippen LogP contribution is 2.31. The van der Waals surface area contributed by atoms with Crippen molar-refractivity contribution in [2.75, 3.05) is 39.1 Å². The van der Waals surface area contributed by atoms with Gasteiger partial charge in [0.05, 0.1) is 36.5 Å². The number of Topliss-reactive ketones (excluding diaryl/α,β-unsaturated/α-hetero) is 1. The van der Waals surface area contributed by atoms with Crippen LogP contribution in [0.5, 0.6) is 5.75 Å². The molecule has 30 heavy (non-hydrogen) atoms. The molecule has 1 saturated heterocycles. The van der Waals surface area contributed by atoms with Crippen LogP contribution in [0.1, 0.15) is 22.8 Å². The van der Waals surface area contributed by atoms with Crippen LogP contribution >= 0.6 is 23.2 Å². The molecule has 3 atom stereocenters. The number of nitrogen functional groups attached to an aromatic ring is 1. The molecule has 2 aromatic carbocycles. The monoisotopic (exact) mass is 452 g/mol. The van der Waals surface area contributed by atoms with Crippen LogP contribution in [-0.4, -0.2) is 55.8 Å². The van der Waals surface area contributed by atoms with Crippen molar-refractivity contribution in [2.24, 2.45) is 5.73 Å². The molecule has 6 nitrogen and oxygen atoms in total. The van der Waals surface area contributed by atoms with Crippen molar-refractivity contribution in [3.8, 4) is 5.75 Å². The molecular weight excluding hydrogens is 425 g/mol. The Labute approximate surface area is 187 Å². The maximum absolute atomic E-state index is 13.2. The van der Waals surface area contributed by atoms with Crippen molar-refractivity contribution < 1.29 is 18.8 Å². The lowest BCUT2D eigenvalue weighted by Crippen LogP contribution is -2.60. The summed E-state index contributed by atoms with van der Waals surface area (Å²) in [6.07, 6.45) is -0.440. The van der Waals surface area contributed by atoms with Crippen molar-refractivity contribution in [3.63, 3.8) is 0 Å². The summed E-state index contributed by atoms with van der Waals surface area (Å²) in [6.45, 7) is 4.86. The van der Waals surface area contributed by atoms with Gasteiger partial charge in [-0.05, 0) is 19.1 Å². The summed E-state index contributed by atoms with van der Waals surface area (Å²) in [5.74, 6) is 0.0977. The molecule has 3 unspecified atom stereocenters. The lowest BCUT2D eigenvalue weighted by molar-refractivity contribution is -0.933. The zero-order valence-corrected chi connectivity index (χ0v) is 18.7. The molecule has 1 aliphatic rings. The molecule has 0 radical (unpaired) electrons. The molecule has 0 amide bonds. The average molecular weight is 453 g/mol. The highest BCUT2D eigenvalue weighted by atomic mass is 35.5. The smallest absolute Gasteiger partial charge is 0.186 e. The number of ketones is 1. The molecule has 3 rings (SSSR count). The molecule has 0 bridgehead atoms. The highest BCUT2D eigenvalue weighted by molar-refractivity contribution is 6.33. The Balaban J connectivity index is 1.79. The van der Waals surface area contributed by atoms with Crippen LogP contribution in [0, 0.1) is 0 Å². The molecule has 8 heteroatoms. The van der Waals surface area contributed by atoms with Gasteiger partial charge in [-0.3, -0.25) is 4.79 Å². The molecule has 0 aromatic heterocycles. The third kappa shape index (κ3) is 5.07. The number of quaternary nitrogens is 1. The number of carbonyl (C=O) groups excluding carboxylic acids is 1. The maximum Gasteiger partial charge on any atom is 0.186 e. The molecule has 2 aromatic rings. The largest absolute Gasteiger partial charge is 0.493 e. The fourth-order valence-corrected chi connectivity index (χ4v) is 4.15. The fourth-order valence-electron chi connectivity index (χ4n) is 3.79. The molecule has 162 valence electrons. The van der Waals surface area contributed by atoms with Gasteiger partial charge in [-0.2, -0.15) is 0 Å². The van der Waals surface area contributed by atoms with Crippen LogP contribution in [0.4, 0.5) is 5.69 Å². The Morgan fingerprint density at radius 3 is 2.73 bits per heavy atom. The van der Waals surface area contributed by atoms with Crippen LogP contribution in [0.3, 0.4) is 0 Å². The second kappa shape index (κ2) is 9.54. The Kier molecular flexibility index (Phi) is 7.26. The van der Waals surface area contributed by atoms with E-state index in [0.29, 0.717) is 41.2 Å². The van der Waals surface area contributed by atoms with Gasteiger partial charge in [0.15, 0.2) is 5.78 Å². The van der Waals surface area contributed by atoms with Gasteiger partial charge in [-0.1, -0.05) is 41.4 Å². The molecule has 1 fully saturated rings. The lowest BCUT2D eigenvalue weighted by Gasteiger charge is -2.42. The van der Waals surface area contributed by atoms with Crippen LogP contribution < -0.4 is 16.2 Å². The number of nitrogens with two attached hydrogens (primary N) is 2. The van der Waals surface area contributed by atoms with E-state index in [1.54, 1.807) is 6.07 Å². The second-order valence-electron chi connectivity index (χ2n) is 7.88. The number of morpholine rings is 1. The number of benzene rings is 2. The van der Waals surface area contributed by atoms with Crippen molar-refractivity contribution >= 4 is 34.7 Å². The summed E-state index contributed by atoms with van der Waals surface area (Å²) in [6, 6.07) is 10.0. The normalized spacial score (nSPS) is 22.5. The van der Waals surface area contributed by atoms with Crippen molar-refractivity contribution in [1.29, 1.82) is 0 Å². The lowest BCUT2D eigenvalue weighted by atomic mass is 9.97. The van der Waals surface area contributed by atoms with Gasteiger partial charge in [0.2, 0.25) is 0 Å². The zero-order valence-electron chi connectivity index (χ0n) is 17.2. The number of ether oxygens (including phenoxy) is 2. The van der Waals surface area contributed by atoms with Gasteiger partial charge >= 0.3 is 0 Å². The molecular formula is C22H28Cl2N3O3+. The van der Waals surface area contributed by atoms with Crippen LogP contribution in [0.25, 0.3) is 0 Å². The molecule has 1 aliphatic heterocycles. The first-order valence-corrected chi connectivity index (χ1v) is 10.7. The summed E-state index contributed by atoms with van der Waals surface area (Å²) in [5, 5.41) is 1.02. The summed E-state index contributed by atoms with van der Waals surface area (Å²) in [7, 11) is 2.13. The fraction of sp³-hybridized carbons (Fsp3) is 0.409. The first-order chi connectivity index (χ1) is 14.2. The van der Waals surface area contributed by atoms with Gasteiger partial charge < -0.3 is 25.4 Å². The Morgan fingerprint density at radius 2 is 2.03 bits per heavy atom. The number of halogens is 2. The van der Waals surface area contributed by atoms with E-state index in [9.17, 15) is 4.79 Å². The van der Waals surface area contributed by atoms with Crippen molar-refractivity contribution in [1.82, 2.24) is 0 Å². The van der Waals surface area contributed by atoms with Crippen LogP contribution in [0.2, 0.25) is 10.0 Å². The van der Waals surface area contributed by atoms with E-state index in [1.165, 1.54) is 6.07 Å². The standard InChI is InChI=1S/C22H27Cl2N3O3/c1-3-29-19-11-18(25)17(24)10-15(19)22(28)21(26)20-13-27(2,8-9-30-20)12-14-6-4-5-7-16(14)23/h4-7,10-11,20-21H,3,8-9,12-13,26H2,1-2H3,(H-,25,28)/p+1. The van der Waals surface area contributed by atoms with Crippen LogP contribution in [-0.2, 0) is 11.3 Å². The zero-order chi connectivity index (χ0) is 21.9. The summed E-state index contributed by atoms with van der Waals surface area (Å²) < 4.78 is 12.2. The first-order valence-electron chi connectivity index (χ1n) is 9.94. The van der Waals surface area contributed by atoms with E-state index < -0.39 is 12.1 Å². The quantitative estimate of drug-likeness (QED) is 0.381. The number of anilines is 1. The Morgan fingerprint density at radius 1 is 1.30 bits per heavy atom. The molecule has 4 N–H and O–H groups in total. The number of carbonyl (C=O) groups is 1. The minimum Gasteiger partial charge on any atom is -0.493 e. The van der Waals surface area contributed by atoms with Gasteiger partial charge in [-0.25, -0.2) is 0 Å². The maximum atomic E-state index is 13.2. The van der Waals surface area contributed by atoms with E-state index >= 15 is 0 Å². The number of rotatable bonds is 7. The number of hydrogen-bond acceptors (Lipinski definition) is 5. The van der Waals surface area contributed by atoms with E-state index in [-0.39, 0.29) is 10.8 Å². The van der Waals surface area contributed by atoms with Crippen molar-refractivity contribution in [3.05, 3.63) is 57.6 Å². The minimum absolute atomic E-state index is 0.281. The summed E-state index contributed by atoms with van der Waals surface area (Å²) >= 11 is 12.5. The van der Waals surface area contributed by atoms with Crippen LogP contribution in [0.15, 0.2) is 36.4 Å². The van der Waals surface area contributed by atoms with Gasteiger partial charge in [0.1, 0.15) is 37.5 Å². The third-order valence-electron chi connectivity index (χ3n) is 5.46. The number of likely N-dealkylation sites (N-methyl/N-ethyl adjacent to an activating group) is 1. The van der Waals surface area contributed by atoms with Crippen molar-refractivity contribution in [2.45, 2.75) is 25.6 Å². The highest BCUT2D eigenvalue weighted by Gasteiger charge is 2.39. The predicted octanol–water partition coefficient (Wildman–Crippen LogP) is 3.53. The number of hydrogen-bond donors (Lipinski definition) is 2. The summed E-state index contributed by atoms with van der Waals surface area (Å²) in [5.41, 5.74) is 14.0. The van der Waals surface area contributed by atoms with E-state index in [0.717, 1.165) is 23.7 Å². The summed E-state index contributed by atoms with van der Waals surface area (Å²) in [4.78, 5) is 13.2. The first kappa shape index (κ1) is 22.8. The molecule has 0 aliphatic carbocycles. The minimum atomic E-state index is -0.854. The molecule has 0 spiro atoms. The Hall–Kier alpha value is -1.83. The second-order valence-corrected chi connectivity index (χ2v) is 8.69. The topological polar surface area (TPSA) is 87.6 Å². The average Bonchev–Trinajstić information content (AvgIpc) is 2.71. The predicted molar refractivity (Wildman–Crippen MR) is 120 cm³/mol. The van der Waals surface area contributed by atoms with E-state index in [1.807, 2.05) is 31.2 Å². The molecule has 1 heterocycles. The Bertz CT molecular complexity index is 924. The SMILES string of the molecule is CCOc1cc(N)c(Cl)cc1C(=O)C(N)C1C[N+](C)(Cc2ccccc2Cl)CCO1.